The van der Waals surface area contributed by atoms with Crippen LogP contribution in [0.5, 0.6) is 0 Å². The lowest BCUT2D eigenvalue weighted by Gasteiger charge is -1.99. The monoisotopic (exact) mass is 209 g/mol. The molecule has 3 aromatic rings. The second kappa shape index (κ2) is 2.97. The number of rotatable bonds is 0. The van der Waals surface area contributed by atoms with Crippen LogP contribution in [-0.2, 0) is 0 Å². The molecule has 0 atom stereocenters. The number of fused-ring (bicyclic) bond motifs is 3. The van der Waals surface area contributed by atoms with Gasteiger partial charge in [-0.25, -0.2) is 0 Å². The molecule has 2 aromatic carbocycles. The van der Waals surface area contributed by atoms with Crippen LogP contribution in [0.3, 0.4) is 0 Å². The van der Waals surface area contributed by atoms with Crippen molar-refractivity contribution < 1.29 is 4.42 Å². The van der Waals surface area contributed by atoms with Crippen molar-refractivity contribution >= 4 is 27.9 Å². The van der Waals surface area contributed by atoms with E-state index in [1.165, 1.54) is 0 Å². The Morgan fingerprint density at radius 3 is 2.75 bits per heavy atom. The SMILES string of the molecule is N#Cc1cc2oc(N)nc2c2ccccc12. The first kappa shape index (κ1) is 8.74. The van der Waals surface area contributed by atoms with Crippen molar-refractivity contribution in [2.24, 2.45) is 0 Å². The van der Waals surface area contributed by atoms with Crippen LogP contribution in [0.1, 0.15) is 5.56 Å². The van der Waals surface area contributed by atoms with Gasteiger partial charge in [0.05, 0.1) is 11.6 Å². The molecule has 0 aliphatic carbocycles. The summed E-state index contributed by atoms with van der Waals surface area (Å²) in [4.78, 5) is 4.12. The van der Waals surface area contributed by atoms with Crippen molar-refractivity contribution in [2.45, 2.75) is 0 Å². The summed E-state index contributed by atoms with van der Waals surface area (Å²) in [6.45, 7) is 0. The summed E-state index contributed by atoms with van der Waals surface area (Å²) in [7, 11) is 0. The maximum Gasteiger partial charge on any atom is 0.293 e. The number of nitrogens with zero attached hydrogens (tertiary/aromatic N) is 2. The zero-order valence-corrected chi connectivity index (χ0v) is 8.27. The minimum absolute atomic E-state index is 0.121. The molecule has 0 bridgehead atoms. The van der Waals surface area contributed by atoms with Gasteiger partial charge in [-0.2, -0.15) is 10.2 Å². The Morgan fingerprint density at radius 2 is 2.00 bits per heavy atom. The highest BCUT2D eigenvalue weighted by atomic mass is 16.4. The summed E-state index contributed by atoms with van der Waals surface area (Å²) in [5.41, 5.74) is 7.33. The number of hydrogen-bond acceptors (Lipinski definition) is 4. The molecule has 1 aromatic heterocycles. The van der Waals surface area contributed by atoms with Gasteiger partial charge in [-0.05, 0) is 0 Å². The summed E-state index contributed by atoms with van der Waals surface area (Å²) >= 11 is 0. The largest absolute Gasteiger partial charge is 0.424 e. The molecule has 0 radical (unpaired) electrons. The van der Waals surface area contributed by atoms with E-state index in [4.69, 9.17) is 15.4 Å². The Bertz CT molecular complexity index is 737. The standard InChI is InChI=1S/C12H7N3O/c13-6-7-5-10-11(15-12(14)16-10)9-4-2-1-3-8(7)9/h1-5H,(H2,14,15). The minimum atomic E-state index is 0.121. The lowest BCUT2D eigenvalue weighted by atomic mass is 10.0. The fourth-order valence-corrected chi connectivity index (χ4v) is 1.87. The van der Waals surface area contributed by atoms with Crippen molar-refractivity contribution in [1.82, 2.24) is 4.98 Å². The predicted octanol–water partition coefficient (Wildman–Crippen LogP) is 2.43. The minimum Gasteiger partial charge on any atom is -0.424 e. The summed E-state index contributed by atoms with van der Waals surface area (Å²) in [6.07, 6.45) is 0. The number of benzene rings is 2. The third-order valence-electron chi connectivity index (χ3n) is 2.54. The Hall–Kier alpha value is -2.54. The van der Waals surface area contributed by atoms with E-state index in [2.05, 4.69) is 11.1 Å². The summed E-state index contributed by atoms with van der Waals surface area (Å²) in [5, 5.41) is 10.8. The van der Waals surface area contributed by atoms with Gasteiger partial charge in [0, 0.05) is 16.8 Å². The number of nitrogen functional groups attached to an aromatic ring is 1. The van der Waals surface area contributed by atoms with E-state index in [1.807, 2.05) is 24.3 Å². The van der Waals surface area contributed by atoms with Crippen molar-refractivity contribution in [2.75, 3.05) is 5.73 Å². The molecule has 0 aliphatic rings. The molecule has 4 heteroatoms. The highest BCUT2D eigenvalue weighted by molar-refractivity contribution is 6.06. The molecule has 16 heavy (non-hydrogen) atoms. The van der Waals surface area contributed by atoms with E-state index in [-0.39, 0.29) is 6.01 Å². The molecule has 0 spiro atoms. The maximum absolute atomic E-state index is 9.06. The molecule has 2 N–H and O–H groups in total. The molecular weight excluding hydrogens is 202 g/mol. The first-order valence-corrected chi connectivity index (χ1v) is 4.77. The molecule has 1 heterocycles. The summed E-state index contributed by atoms with van der Waals surface area (Å²) in [6, 6.07) is 11.5. The van der Waals surface area contributed by atoms with Gasteiger partial charge >= 0.3 is 0 Å². The molecule has 0 amide bonds. The molecule has 0 saturated heterocycles. The Labute approximate surface area is 90.9 Å². The second-order valence-corrected chi connectivity index (χ2v) is 3.48. The number of anilines is 1. The van der Waals surface area contributed by atoms with Gasteiger partial charge < -0.3 is 10.2 Å². The van der Waals surface area contributed by atoms with Gasteiger partial charge in [-0.1, -0.05) is 24.3 Å². The molecular formula is C12H7N3O. The number of hydrogen-bond donors (Lipinski definition) is 1. The van der Waals surface area contributed by atoms with E-state index in [0.717, 1.165) is 10.8 Å². The van der Waals surface area contributed by atoms with Crippen LogP contribution in [0, 0.1) is 11.3 Å². The van der Waals surface area contributed by atoms with Gasteiger partial charge in [0.2, 0.25) is 0 Å². The average molecular weight is 209 g/mol. The highest BCUT2D eigenvalue weighted by Crippen LogP contribution is 2.28. The van der Waals surface area contributed by atoms with E-state index in [0.29, 0.717) is 16.7 Å². The lowest BCUT2D eigenvalue weighted by molar-refractivity contribution is 0.626. The van der Waals surface area contributed by atoms with Crippen LogP contribution in [-0.4, -0.2) is 4.98 Å². The van der Waals surface area contributed by atoms with E-state index in [9.17, 15) is 0 Å². The first-order valence-electron chi connectivity index (χ1n) is 4.77. The predicted molar refractivity (Wildman–Crippen MR) is 60.6 cm³/mol. The molecule has 76 valence electrons. The van der Waals surface area contributed by atoms with Crippen LogP contribution < -0.4 is 5.73 Å². The molecule has 0 fully saturated rings. The molecule has 4 nitrogen and oxygen atoms in total. The van der Waals surface area contributed by atoms with Gasteiger partial charge in [-0.3, -0.25) is 0 Å². The quantitative estimate of drug-likeness (QED) is 0.616. The van der Waals surface area contributed by atoms with Crippen LogP contribution >= 0.6 is 0 Å². The zero-order chi connectivity index (χ0) is 11.1. The molecule has 3 rings (SSSR count). The van der Waals surface area contributed by atoms with Crippen LogP contribution in [0.4, 0.5) is 6.01 Å². The maximum atomic E-state index is 9.06. The van der Waals surface area contributed by atoms with Crippen molar-refractivity contribution in [3.05, 3.63) is 35.9 Å². The van der Waals surface area contributed by atoms with E-state index in [1.54, 1.807) is 6.07 Å². The van der Waals surface area contributed by atoms with Gasteiger partial charge in [0.1, 0.15) is 5.52 Å². The fraction of sp³-hybridized carbons (Fsp3) is 0. The number of aromatic nitrogens is 1. The van der Waals surface area contributed by atoms with Gasteiger partial charge in [0.15, 0.2) is 5.58 Å². The Morgan fingerprint density at radius 1 is 1.25 bits per heavy atom. The van der Waals surface area contributed by atoms with Crippen molar-refractivity contribution in [1.29, 1.82) is 5.26 Å². The number of nitriles is 1. The second-order valence-electron chi connectivity index (χ2n) is 3.48. The third kappa shape index (κ3) is 1.06. The first-order chi connectivity index (χ1) is 7.79. The lowest BCUT2D eigenvalue weighted by Crippen LogP contribution is -1.82. The van der Waals surface area contributed by atoms with Crippen LogP contribution in [0.25, 0.3) is 21.9 Å². The molecule has 0 aliphatic heterocycles. The summed E-state index contributed by atoms with van der Waals surface area (Å²) in [5.74, 6) is 0. The highest BCUT2D eigenvalue weighted by Gasteiger charge is 2.10. The van der Waals surface area contributed by atoms with Crippen LogP contribution in [0.2, 0.25) is 0 Å². The summed E-state index contributed by atoms with van der Waals surface area (Å²) < 4.78 is 5.23. The van der Waals surface area contributed by atoms with Gasteiger partial charge in [-0.15, -0.1) is 0 Å². The smallest absolute Gasteiger partial charge is 0.293 e. The molecule has 0 saturated carbocycles. The number of nitrogens with two attached hydrogens (primary N) is 1. The Balaban J connectivity index is 2.63. The van der Waals surface area contributed by atoms with E-state index < -0.39 is 0 Å². The van der Waals surface area contributed by atoms with Crippen molar-refractivity contribution in [3.63, 3.8) is 0 Å². The fourth-order valence-electron chi connectivity index (χ4n) is 1.87. The topological polar surface area (TPSA) is 75.8 Å². The van der Waals surface area contributed by atoms with E-state index >= 15 is 0 Å². The third-order valence-corrected chi connectivity index (χ3v) is 2.54. The van der Waals surface area contributed by atoms with Gasteiger partial charge in [0.25, 0.3) is 6.01 Å². The molecule has 0 unspecified atom stereocenters. The number of oxazole rings is 1. The average Bonchev–Trinajstić information content (AvgIpc) is 2.68. The Kier molecular flexibility index (Phi) is 1.62. The zero-order valence-electron chi connectivity index (χ0n) is 8.27. The van der Waals surface area contributed by atoms with Crippen LogP contribution in [0.15, 0.2) is 34.7 Å². The van der Waals surface area contributed by atoms with Crippen molar-refractivity contribution in [3.8, 4) is 6.07 Å². The normalized spacial score (nSPS) is 10.7.